The molecule has 0 aromatic rings. The van der Waals surface area contributed by atoms with E-state index in [-0.39, 0.29) is 18.6 Å². The topological polar surface area (TPSA) is 121 Å². The zero-order valence-corrected chi connectivity index (χ0v) is 20.2. The van der Waals surface area contributed by atoms with Crippen LogP contribution in [0.15, 0.2) is 23.8 Å². The monoisotopic (exact) mass is 478 g/mol. The Labute approximate surface area is 199 Å². The highest BCUT2D eigenvalue weighted by atomic mass is 19.1. The molecule has 0 spiro atoms. The van der Waals surface area contributed by atoms with E-state index in [1.807, 2.05) is 0 Å². The second kappa shape index (κ2) is 8.07. The Bertz CT molecular complexity index is 974. The number of Topliss-reactive ketones (excluding diaryl/α,β-unsaturated/α-hetero) is 1. The SMILES string of the molecule is CC(=O)O[C@]1(C(=O)C(O)CCO)[C@H](C)C[C@H]2[C@@H]3CCC4=CC(=O)C=C[C@]4(C)[C@@]3(F)[C@@H](O)C[C@@]21C. The molecule has 188 valence electrons. The number of alkyl halides is 1. The summed E-state index contributed by atoms with van der Waals surface area (Å²) in [6.45, 7) is 6.00. The molecule has 0 bridgehead atoms. The summed E-state index contributed by atoms with van der Waals surface area (Å²) in [6, 6.07) is 0. The maximum Gasteiger partial charge on any atom is 0.303 e. The first kappa shape index (κ1) is 25.2. The Morgan fingerprint density at radius 3 is 2.59 bits per heavy atom. The summed E-state index contributed by atoms with van der Waals surface area (Å²) in [5, 5.41) is 31.3. The molecule has 3 saturated carbocycles. The molecule has 0 heterocycles. The molecular weight excluding hydrogens is 443 g/mol. The van der Waals surface area contributed by atoms with Crippen LogP contribution in [0.25, 0.3) is 0 Å². The van der Waals surface area contributed by atoms with Crippen molar-refractivity contribution >= 4 is 17.5 Å². The van der Waals surface area contributed by atoms with E-state index in [4.69, 9.17) is 4.74 Å². The Balaban J connectivity index is 1.85. The van der Waals surface area contributed by atoms with Crippen LogP contribution >= 0.6 is 0 Å². The van der Waals surface area contributed by atoms with Crippen molar-refractivity contribution in [2.45, 2.75) is 83.3 Å². The van der Waals surface area contributed by atoms with Crippen molar-refractivity contribution in [2.75, 3.05) is 6.61 Å². The van der Waals surface area contributed by atoms with Gasteiger partial charge in [-0.2, -0.15) is 0 Å². The lowest BCUT2D eigenvalue weighted by molar-refractivity contribution is -0.229. The summed E-state index contributed by atoms with van der Waals surface area (Å²) < 4.78 is 23.0. The number of allylic oxidation sites excluding steroid dienone is 4. The third-order valence-electron chi connectivity index (χ3n) is 9.56. The molecule has 34 heavy (non-hydrogen) atoms. The molecule has 4 aliphatic carbocycles. The van der Waals surface area contributed by atoms with Crippen molar-refractivity contribution in [1.29, 1.82) is 0 Å². The van der Waals surface area contributed by atoms with Gasteiger partial charge in [0.2, 0.25) is 5.78 Å². The fraction of sp³-hybridized carbons (Fsp3) is 0.731. The van der Waals surface area contributed by atoms with E-state index < -0.39 is 70.4 Å². The number of rotatable bonds is 5. The number of ether oxygens (including phenoxy) is 1. The van der Waals surface area contributed by atoms with Gasteiger partial charge in [0.25, 0.3) is 0 Å². The molecule has 0 radical (unpaired) electrons. The Hall–Kier alpha value is -1.90. The lowest BCUT2D eigenvalue weighted by atomic mass is 9.44. The van der Waals surface area contributed by atoms with Gasteiger partial charge in [0, 0.05) is 42.6 Å². The number of fused-ring (bicyclic) bond motifs is 5. The van der Waals surface area contributed by atoms with Crippen molar-refractivity contribution in [3.63, 3.8) is 0 Å². The standard InChI is InChI=1S/C26H35FO7/c1-14-11-19-18-6-5-16-12-17(30)7-9-23(16,3)25(18,27)21(32)13-24(19,4)26(14,34-15(2)29)22(33)20(31)8-10-28/h7,9,12,14,18-21,28,31-32H,5-6,8,10-11,13H2,1-4H3/t14-,18+,19+,20?,21+,23+,24+,25+,26+/m1/s1. The Morgan fingerprint density at radius 1 is 1.29 bits per heavy atom. The molecule has 0 aliphatic heterocycles. The molecule has 3 N–H and O–H groups in total. The number of aliphatic hydroxyl groups is 3. The van der Waals surface area contributed by atoms with Gasteiger partial charge in [-0.15, -0.1) is 0 Å². The minimum atomic E-state index is -2.07. The van der Waals surface area contributed by atoms with E-state index in [2.05, 4.69) is 0 Å². The third-order valence-corrected chi connectivity index (χ3v) is 9.56. The molecular formula is C26H35FO7. The molecule has 3 fully saturated rings. The zero-order chi connectivity index (χ0) is 25.3. The Morgan fingerprint density at radius 2 is 1.97 bits per heavy atom. The second-order valence-electron chi connectivity index (χ2n) is 11.1. The molecule has 9 atom stereocenters. The normalized spacial score (nSPS) is 46.1. The van der Waals surface area contributed by atoms with Gasteiger partial charge in [0.15, 0.2) is 17.1 Å². The van der Waals surface area contributed by atoms with E-state index >= 15 is 4.39 Å². The van der Waals surface area contributed by atoms with Gasteiger partial charge in [-0.25, -0.2) is 4.39 Å². The number of halogens is 1. The number of carbonyl (C=O) groups excluding carboxylic acids is 3. The van der Waals surface area contributed by atoms with Crippen LogP contribution in [0.5, 0.6) is 0 Å². The number of carbonyl (C=O) groups is 3. The van der Waals surface area contributed by atoms with Crippen LogP contribution in [0.2, 0.25) is 0 Å². The summed E-state index contributed by atoms with van der Waals surface area (Å²) in [7, 11) is 0. The molecule has 0 aromatic heterocycles. The molecule has 4 aliphatic rings. The summed E-state index contributed by atoms with van der Waals surface area (Å²) in [4.78, 5) is 37.9. The molecule has 8 heteroatoms. The third kappa shape index (κ3) is 3.00. The van der Waals surface area contributed by atoms with Crippen molar-refractivity contribution in [2.24, 2.45) is 28.6 Å². The lowest BCUT2D eigenvalue weighted by Gasteiger charge is -2.62. The first-order valence-electron chi connectivity index (χ1n) is 12.1. The molecule has 4 rings (SSSR count). The van der Waals surface area contributed by atoms with Crippen LogP contribution < -0.4 is 0 Å². The van der Waals surface area contributed by atoms with E-state index in [1.54, 1.807) is 26.8 Å². The summed E-state index contributed by atoms with van der Waals surface area (Å²) in [6.07, 6.45) is 2.22. The van der Waals surface area contributed by atoms with Crippen LogP contribution in [0.3, 0.4) is 0 Å². The van der Waals surface area contributed by atoms with Crippen molar-refractivity contribution in [3.8, 4) is 0 Å². The van der Waals surface area contributed by atoms with Crippen molar-refractivity contribution in [1.82, 2.24) is 0 Å². The van der Waals surface area contributed by atoms with E-state index in [0.29, 0.717) is 24.8 Å². The van der Waals surface area contributed by atoms with Gasteiger partial charge in [-0.1, -0.05) is 25.5 Å². The second-order valence-corrected chi connectivity index (χ2v) is 11.1. The van der Waals surface area contributed by atoms with Crippen molar-refractivity contribution < 1.29 is 38.8 Å². The van der Waals surface area contributed by atoms with Crippen LogP contribution in [-0.2, 0) is 19.1 Å². The maximum atomic E-state index is 17.3. The first-order chi connectivity index (χ1) is 15.8. The fourth-order valence-electron chi connectivity index (χ4n) is 8.05. The molecule has 0 saturated heterocycles. The van der Waals surface area contributed by atoms with E-state index in [1.165, 1.54) is 19.1 Å². The predicted octanol–water partition coefficient (Wildman–Crippen LogP) is 2.22. The fourth-order valence-corrected chi connectivity index (χ4v) is 8.05. The predicted molar refractivity (Wildman–Crippen MR) is 120 cm³/mol. The van der Waals surface area contributed by atoms with Gasteiger partial charge in [-0.05, 0) is 50.7 Å². The molecule has 7 nitrogen and oxygen atoms in total. The number of esters is 1. The number of hydrogen-bond acceptors (Lipinski definition) is 7. The van der Waals surface area contributed by atoms with Crippen LogP contribution in [-0.4, -0.2) is 62.9 Å². The first-order valence-corrected chi connectivity index (χ1v) is 12.1. The van der Waals surface area contributed by atoms with Gasteiger partial charge >= 0.3 is 5.97 Å². The molecule has 0 amide bonds. The number of aliphatic hydroxyl groups excluding tert-OH is 3. The molecule has 1 unspecified atom stereocenters. The van der Waals surface area contributed by atoms with Crippen LogP contribution in [0, 0.1) is 28.6 Å². The summed E-state index contributed by atoms with van der Waals surface area (Å²) in [5.74, 6) is -3.20. The quantitative estimate of drug-likeness (QED) is 0.518. The van der Waals surface area contributed by atoms with Gasteiger partial charge in [0.1, 0.15) is 6.10 Å². The Kier molecular flexibility index (Phi) is 5.98. The van der Waals surface area contributed by atoms with Crippen molar-refractivity contribution in [3.05, 3.63) is 23.8 Å². The smallest absolute Gasteiger partial charge is 0.303 e. The zero-order valence-electron chi connectivity index (χ0n) is 20.2. The van der Waals surface area contributed by atoms with Crippen LogP contribution in [0.4, 0.5) is 4.39 Å². The van der Waals surface area contributed by atoms with Gasteiger partial charge in [0.05, 0.1) is 6.10 Å². The van der Waals surface area contributed by atoms with Gasteiger partial charge in [-0.3, -0.25) is 14.4 Å². The lowest BCUT2D eigenvalue weighted by Crippen LogP contribution is -2.70. The van der Waals surface area contributed by atoms with E-state index in [0.717, 1.165) is 0 Å². The minimum Gasteiger partial charge on any atom is -0.450 e. The number of ketones is 2. The van der Waals surface area contributed by atoms with E-state index in [9.17, 15) is 29.7 Å². The minimum absolute atomic E-state index is 0.148. The largest absolute Gasteiger partial charge is 0.450 e. The average Bonchev–Trinajstić information content (AvgIpc) is 2.96. The molecule has 0 aromatic carbocycles. The highest BCUT2D eigenvalue weighted by Gasteiger charge is 2.77. The maximum absolute atomic E-state index is 17.3. The average molecular weight is 479 g/mol. The highest BCUT2D eigenvalue weighted by Crippen LogP contribution is 2.71. The van der Waals surface area contributed by atoms with Crippen LogP contribution in [0.1, 0.15) is 59.8 Å². The van der Waals surface area contributed by atoms with Gasteiger partial charge < -0.3 is 20.1 Å². The highest BCUT2D eigenvalue weighted by molar-refractivity contribution is 6.01. The number of hydrogen-bond donors (Lipinski definition) is 3. The summed E-state index contributed by atoms with van der Waals surface area (Å²) in [5.41, 5.74) is -5.46. The summed E-state index contributed by atoms with van der Waals surface area (Å²) >= 11 is 0.